The summed E-state index contributed by atoms with van der Waals surface area (Å²) in [6.07, 6.45) is 8.55. The molecule has 1 aromatic carbocycles. The molecule has 0 aromatic heterocycles. The third kappa shape index (κ3) is 4.99. The summed E-state index contributed by atoms with van der Waals surface area (Å²) in [5.41, 5.74) is 0.331. The van der Waals surface area contributed by atoms with Crippen LogP contribution in [-0.2, 0) is 0 Å². The van der Waals surface area contributed by atoms with Crippen LogP contribution >= 0.6 is 0 Å². The van der Waals surface area contributed by atoms with Crippen molar-refractivity contribution in [3.8, 4) is 0 Å². The van der Waals surface area contributed by atoms with E-state index in [1.54, 1.807) is 36.4 Å². The molecule has 4 nitrogen and oxygen atoms in total. The van der Waals surface area contributed by atoms with Crippen LogP contribution in [0.2, 0.25) is 0 Å². The molecular formula is C16H20O4. The maximum Gasteiger partial charge on any atom is 0.335 e. The van der Waals surface area contributed by atoms with Crippen LogP contribution in [0.1, 0.15) is 30.1 Å². The molecule has 1 aromatic rings. The van der Waals surface area contributed by atoms with Crippen LogP contribution in [0.15, 0.2) is 54.6 Å². The Balaban J connectivity index is 0.000000204. The number of rotatable bonds is 3. The predicted molar refractivity (Wildman–Crippen MR) is 77.2 cm³/mol. The average molecular weight is 276 g/mol. The second kappa shape index (κ2) is 7.62. The number of allylic oxidation sites excluding steroid dienone is 2. The maximum atomic E-state index is 10.2. The Morgan fingerprint density at radius 3 is 2.30 bits per heavy atom. The van der Waals surface area contributed by atoms with Crippen LogP contribution in [-0.4, -0.2) is 27.1 Å². The standard InChI is InChI=1S/C9H14O2.C7H6O2/c1-2-5-8-6-3-4-7-9(8,10)11;8-7(9)6-4-2-1-3-5-6/h3-4,6-8,10-11H,2,5H2,1H3;1-5H,(H,8,9). The number of carboxylic acids is 1. The Bertz CT molecular complexity index is 475. The number of carbonyl (C=O) groups is 1. The first-order valence-corrected chi connectivity index (χ1v) is 6.56. The van der Waals surface area contributed by atoms with E-state index in [9.17, 15) is 15.0 Å². The van der Waals surface area contributed by atoms with Crippen LogP contribution in [0.4, 0.5) is 0 Å². The summed E-state index contributed by atoms with van der Waals surface area (Å²) in [6.45, 7) is 2.03. The first kappa shape index (κ1) is 16.1. The van der Waals surface area contributed by atoms with E-state index in [4.69, 9.17) is 5.11 Å². The Kier molecular flexibility index (Phi) is 6.15. The highest BCUT2D eigenvalue weighted by molar-refractivity contribution is 5.87. The maximum absolute atomic E-state index is 10.2. The SMILES string of the molecule is CCCC1C=CC=CC1(O)O.O=C(O)c1ccccc1. The van der Waals surface area contributed by atoms with Gasteiger partial charge >= 0.3 is 5.97 Å². The fourth-order valence-corrected chi connectivity index (χ4v) is 1.86. The van der Waals surface area contributed by atoms with Gasteiger partial charge in [-0.2, -0.15) is 0 Å². The van der Waals surface area contributed by atoms with E-state index in [1.807, 2.05) is 19.1 Å². The molecule has 0 saturated carbocycles. The summed E-state index contributed by atoms with van der Waals surface area (Å²) in [5, 5.41) is 27.2. The number of hydrogen-bond donors (Lipinski definition) is 3. The molecule has 0 saturated heterocycles. The molecule has 108 valence electrons. The van der Waals surface area contributed by atoms with Gasteiger partial charge < -0.3 is 15.3 Å². The molecule has 0 amide bonds. The summed E-state index contributed by atoms with van der Waals surface area (Å²) in [5.74, 6) is -2.64. The molecule has 0 fully saturated rings. The van der Waals surface area contributed by atoms with E-state index in [0.29, 0.717) is 5.56 Å². The highest BCUT2D eigenvalue weighted by atomic mass is 16.5. The van der Waals surface area contributed by atoms with Gasteiger partial charge in [-0.3, -0.25) is 0 Å². The highest BCUT2D eigenvalue weighted by Gasteiger charge is 2.29. The lowest BCUT2D eigenvalue weighted by Gasteiger charge is -2.27. The van der Waals surface area contributed by atoms with Gasteiger partial charge in [-0.25, -0.2) is 4.79 Å². The molecule has 4 heteroatoms. The molecule has 3 N–H and O–H groups in total. The molecule has 0 heterocycles. The van der Waals surface area contributed by atoms with Crippen LogP contribution in [0.3, 0.4) is 0 Å². The van der Waals surface area contributed by atoms with E-state index >= 15 is 0 Å². The van der Waals surface area contributed by atoms with Crippen LogP contribution in [0.25, 0.3) is 0 Å². The third-order valence-electron chi connectivity index (χ3n) is 2.96. The summed E-state index contributed by atoms with van der Waals surface area (Å²) in [4.78, 5) is 10.2. The van der Waals surface area contributed by atoms with Gasteiger partial charge in [0.1, 0.15) is 0 Å². The van der Waals surface area contributed by atoms with Gasteiger partial charge in [-0.15, -0.1) is 0 Å². The van der Waals surface area contributed by atoms with Crippen molar-refractivity contribution >= 4 is 5.97 Å². The Hall–Kier alpha value is -1.91. The van der Waals surface area contributed by atoms with Gasteiger partial charge in [0.2, 0.25) is 0 Å². The molecule has 1 aliphatic rings. The molecule has 1 aliphatic carbocycles. The minimum Gasteiger partial charge on any atom is -0.478 e. The molecule has 0 bridgehead atoms. The Morgan fingerprint density at radius 1 is 1.20 bits per heavy atom. The minimum atomic E-state index is -1.62. The summed E-state index contributed by atoms with van der Waals surface area (Å²) >= 11 is 0. The van der Waals surface area contributed by atoms with Crippen molar-refractivity contribution in [3.63, 3.8) is 0 Å². The second-order valence-electron chi connectivity index (χ2n) is 4.59. The van der Waals surface area contributed by atoms with Crippen molar-refractivity contribution in [3.05, 3.63) is 60.2 Å². The van der Waals surface area contributed by atoms with Gasteiger partial charge in [0, 0.05) is 5.92 Å². The Morgan fingerprint density at radius 2 is 1.85 bits per heavy atom. The van der Waals surface area contributed by atoms with Gasteiger partial charge in [-0.1, -0.05) is 49.8 Å². The molecule has 1 atom stereocenters. The van der Waals surface area contributed by atoms with E-state index in [1.165, 1.54) is 6.08 Å². The largest absolute Gasteiger partial charge is 0.478 e. The van der Waals surface area contributed by atoms with E-state index in [-0.39, 0.29) is 5.92 Å². The fraction of sp³-hybridized carbons (Fsp3) is 0.312. The molecule has 2 rings (SSSR count). The van der Waals surface area contributed by atoms with Crippen molar-refractivity contribution in [1.29, 1.82) is 0 Å². The van der Waals surface area contributed by atoms with Crippen molar-refractivity contribution in [2.45, 2.75) is 25.6 Å². The van der Waals surface area contributed by atoms with Crippen LogP contribution in [0.5, 0.6) is 0 Å². The number of carboxylic acid groups (broad SMARTS) is 1. The third-order valence-corrected chi connectivity index (χ3v) is 2.96. The van der Waals surface area contributed by atoms with Gasteiger partial charge in [-0.05, 0) is 24.6 Å². The van der Waals surface area contributed by atoms with Gasteiger partial charge in [0.15, 0.2) is 5.79 Å². The zero-order valence-electron chi connectivity index (χ0n) is 11.4. The monoisotopic (exact) mass is 276 g/mol. The molecule has 0 radical (unpaired) electrons. The molecule has 20 heavy (non-hydrogen) atoms. The van der Waals surface area contributed by atoms with Crippen LogP contribution < -0.4 is 0 Å². The number of benzene rings is 1. The van der Waals surface area contributed by atoms with Crippen molar-refractivity contribution in [2.75, 3.05) is 0 Å². The fourth-order valence-electron chi connectivity index (χ4n) is 1.86. The molecule has 0 aliphatic heterocycles. The van der Waals surface area contributed by atoms with Gasteiger partial charge in [0.05, 0.1) is 5.56 Å². The smallest absolute Gasteiger partial charge is 0.335 e. The summed E-state index contributed by atoms with van der Waals surface area (Å²) in [6, 6.07) is 8.30. The first-order chi connectivity index (χ1) is 9.47. The second-order valence-corrected chi connectivity index (χ2v) is 4.59. The van der Waals surface area contributed by atoms with Crippen molar-refractivity contribution in [2.24, 2.45) is 5.92 Å². The normalized spacial score (nSPS) is 19.1. The topological polar surface area (TPSA) is 77.8 Å². The molecular weight excluding hydrogens is 256 g/mol. The lowest BCUT2D eigenvalue weighted by Crippen LogP contribution is -2.35. The molecule has 0 spiro atoms. The quantitative estimate of drug-likeness (QED) is 0.741. The summed E-state index contributed by atoms with van der Waals surface area (Å²) in [7, 11) is 0. The number of hydrogen-bond acceptors (Lipinski definition) is 3. The predicted octanol–water partition coefficient (Wildman–Crippen LogP) is 2.59. The van der Waals surface area contributed by atoms with Crippen LogP contribution in [0, 0.1) is 5.92 Å². The zero-order valence-corrected chi connectivity index (χ0v) is 11.4. The first-order valence-electron chi connectivity index (χ1n) is 6.56. The number of aliphatic hydroxyl groups is 2. The lowest BCUT2D eigenvalue weighted by atomic mass is 9.90. The highest BCUT2D eigenvalue weighted by Crippen LogP contribution is 2.25. The Labute approximate surface area is 118 Å². The van der Waals surface area contributed by atoms with Gasteiger partial charge in [0.25, 0.3) is 0 Å². The minimum absolute atomic E-state index is 0.141. The van der Waals surface area contributed by atoms with E-state index in [0.717, 1.165) is 12.8 Å². The van der Waals surface area contributed by atoms with E-state index in [2.05, 4.69) is 0 Å². The number of aromatic carboxylic acids is 1. The zero-order chi connectivity index (χ0) is 15.0. The summed E-state index contributed by atoms with van der Waals surface area (Å²) < 4.78 is 0. The van der Waals surface area contributed by atoms with Crippen molar-refractivity contribution < 1.29 is 20.1 Å². The average Bonchev–Trinajstić information content (AvgIpc) is 2.43. The van der Waals surface area contributed by atoms with Crippen molar-refractivity contribution in [1.82, 2.24) is 0 Å². The molecule has 1 unspecified atom stereocenters. The van der Waals surface area contributed by atoms with E-state index < -0.39 is 11.8 Å². The lowest BCUT2D eigenvalue weighted by molar-refractivity contribution is -0.149.